The fraction of sp³-hybridized carbons (Fsp3) is 0.529. The quantitative estimate of drug-likeness (QED) is 0.753. The Morgan fingerprint density at radius 2 is 1.69 bits per heavy atom. The van der Waals surface area contributed by atoms with E-state index in [1.54, 1.807) is 4.90 Å². The smallest absolute Gasteiger partial charge is 0.335 e. The Morgan fingerprint density at radius 1 is 1.12 bits per heavy atom. The first-order valence-electron chi connectivity index (χ1n) is 8.44. The number of ether oxygens (including phenoxy) is 1. The van der Waals surface area contributed by atoms with Crippen molar-refractivity contribution in [2.24, 2.45) is 0 Å². The number of nitrogens with zero attached hydrogens (tertiary/aromatic N) is 2. The van der Waals surface area contributed by atoms with Crippen LogP contribution in [0.4, 0.5) is 0 Å². The zero-order valence-electron chi connectivity index (χ0n) is 14.9. The van der Waals surface area contributed by atoms with Gasteiger partial charge in [-0.05, 0) is 38.1 Å². The molecule has 0 aromatic heterocycles. The average Bonchev–Trinajstić information content (AvgIpc) is 2.61. The van der Waals surface area contributed by atoms with Crippen LogP contribution in [0.15, 0.2) is 29.2 Å². The molecule has 0 aliphatic carbocycles. The van der Waals surface area contributed by atoms with E-state index in [0.29, 0.717) is 19.7 Å². The molecule has 0 spiro atoms. The van der Waals surface area contributed by atoms with Crippen LogP contribution in [0.3, 0.4) is 0 Å². The van der Waals surface area contributed by atoms with Crippen LogP contribution in [0.25, 0.3) is 0 Å². The maximum absolute atomic E-state index is 12.6. The molecular weight excluding hydrogens is 360 g/mol. The number of piperazine rings is 1. The molecule has 0 radical (unpaired) electrons. The summed E-state index contributed by atoms with van der Waals surface area (Å²) in [5, 5.41) is 8.89. The first-order chi connectivity index (χ1) is 12.2. The van der Waals surface area contributed by atoms with Crippen LogP contribution in [0, 0.1) is 0 Å². The van der Waals surface area contributed by atoms with E-state index in [0.717, 1.165) is 0 Å². The summed E-state index contributed by atoms with van der Waals surface area (Å²) in [6.07, 6.45) is 0.346. The van der Waals surface area contributed by atoms with Gasteiger partial charge in [0.2, 0.25) is 15.9 Å². The zero-order chi connectivity index (χ0) is 19.3. The summed E-state index contributed by atoms with van der Waals surface area (Å²) >= 11 is 0. The van der Waals surface area contributed by atoms with E-state index < -0.39 is 16.0 Å². The molecule has 0 bridgehead atoms. The number of amides is 1. The number of sulfonamides is 1. The number of hydrogen-bond acceptors (Lipinski definition) is 5. The first-order valence-corrected chi connectivity index (χ1v) is 9.88. The normalized spacial score (nSPS) is 16.0. The van der Waals surface area contributed by atoms with Gasteiger partial charge >= 0.3 is 5.97 Å². The molecule has 0 unspecified atom stereocenters. The molecule has 1 aliphatic heterocycles. The minimum absolute atomic E-state index is 0.0305. The summed E-state index contributed by atoms with van der Waals surface area (Å²) in [6, 6.07) is 5.12. The van der Waals surface area contributed by atoms with E-state index in [1.807, 2.05) is 13.8 Å². The monoisotopic (exact) mass is 384 g/mol. The molecule has 0 atom stereocenters. The summed E-state index contributed by atoms with van der Waals surface area (Å²) < 4.78 is 32.0. The topological polar surface area (TPSA) is 104 Å². The first kappa shape index (κ1) is 20.3. The lowest BCUT2D eigenvalue weighted by Gasteiger charge is -2.34. The van der Waals surface area contributed by atoms with E-state index in [2.05, 4.69) is 0 Å². The van der Waals surface area contributed by atoms with E-state index in [4.69, 9.17) is 9.84 Å². The standard InChI is InChI=1S/C17H24N2O6S/c1-13(2)25-12-7-16(20)18-8-10-19(11-9-18)26(23,24)15-5-3-14(4-6-15)17(21)22/h3-6,13H,7-12H2,1-2H3,(H,21,22). The van der Waals surface area contributed by atoms with Gasteiger partial charge in [0.1, 0.15) is 0 Å². The molecule has 1 N–H and O–H groups in total. The minimum atomic E-state index is -3.70. The second-order valence-electron chi connectivity index (χ2n) is 6.28. The molecule has 1 saturated heterocycles. The Bertz CT molecular complexity index is 737. The van der Waals surface area contributed by atoms with Gasteiger partial charge in [-0.15, -0.1) is 0 Å². The highest BCUT2D eigenvalue weighted by Crippen LogP contribution is 2.18. The third kappa shape index (κ3) is 5.03. The lowest BCUT2D eigenvalue weighted by atomic mass is 10.2. The molecule has 1 aliphatic rings. The Morgan fingerprint density at radius 3 is 2.19 bits per heavy atom. The molecule has 1 aromatic rings. The molecule has 144 valence electrons. The van der Waals surface area contributed by atoms with Gasteiger partial charge in [0.05, 0.1) is 29.6 Å². The van der Waals surface area contributed by atoms with Crippen LogP contribution in [0.2, 0.25) is 0 Å². The van der Waals surface area contributed by atoms with Gasteiger partial charge in [0, 0.05) is 26.2 Å². The van der Waals surface area contributed by atoms with Crippen LogP contribution in [-0.2, 0) is 19.6 Å². The number of carboxylic acid groups (broad SMARTS) is 1. The SMILES string of the molecule is CC(C)OCCC(=O)N1CCN(S(=O)(=O)c2ccc(C(=O)O)cc2)CC1. The Kier molecular flexibility index (Phi) is 6.74. The number of carbonyl (C=O) groups excluding carboxylic acids is 1. The van der Waals surface area contributed by atoms with E-state index in [-0.39, 0.29) is 42.0 Å². The van der Waals surface area contributed by atoms with Gasteiger partial charge in [0.15, 0.2) is 0 Å². The second-order valence-corrected chi connectivity index (χ2v) is 8.22. The van der Waals surface area contributed by atoms with Crippen molar-refractivity contribution in [3.05, 3.63) is 29.8 Å². The predicted octanol–water partition coefficient (Wildman–Crippen LogP) is 1.03. The summed E-state index contributed by atoms with van der Waals surface area (Å²) in [6.45, 7) is 5.22. The fourth-order valence-electron chi connectivity index (χ4n) is 2.64. The molecule has 1 amide bonds. The van der Waals surface area contributed by atoms with Gasteiger partial charge in [-0.2, -0.15) is 4.31 Å². The van der Waals surface area contributed by atoms with Crippen molar-refractivity contribution < 1.29 is 27.9 Å². The van der Waals surface area contributed by atoms with Crippen LogP contribution in [0.5, 0.6) is 0 Å². The molecule has 1 fully saturated rings. The number of hydrogen-bond donors (Lipinski definition) is 1. The molecule has 1 heterocycles. The lowest BCUT2D eigenvalue weighted by molar-refractivity contribution is -0.133. The van der Waals surface area contributed by atoms with Crippen molar-refractivity contribution in [2.45, 2.75) is 31.3 Å². The highest BCUT2D eigenvalue weighted by atomic mass is 32.2. The van der Waals surface area contributed by atoms with Crippen LogP contribution >= 0.6 is 0 Å². The number of rotatable bonds is 7. The summed E-state index contributed by atoms with van der Waals surface area (Å²) in [7, 11) is -3.70. The van der Waals surface area contributed by atoms with E-state index >= 15 is 0 Å². The predicted molar refractivity (Wildman–Crippen MR) is 94.4 cm³/mol. The van der Waals surface area contributed by atoms with E-state index in [1.165, 1.54) is 28.6 Å². The molecule has 9 heteroatoms. The van der Waals surface area contributed by atoms with Crippen molar-refractivity contribution in [1.29, 1.82) is 0 Å². The van der Waals surface area contributed by atoms with Gasteiger partial charge in [-0.25, -0.2) is 13.2 Å². The highest BCUT2D eigenvalue weighted by Gasteiger charge is 2.30. The molecule has 2 rings (SSSR count). The summed E-state index contributed by atoms with van der Waals surface area (Å²) in [5.41, 5.74) is 0.0305. The van der Waals surface area contributed by atoms with Gasteiger partial charge in [-0.3, -0.25) is 4.79 Å². The Balaban J connectivity index is 1.93. The minimum Gasteiger partial charge on any atom is -0.478 e. The molecule has 26 heavy (non-hydrogen) atoms. The summed E-state index contributed by atoms with van der Waals surface area (Å²) in [4.78, 5) is 24.7. The highest BCUT2D eigenvalue weighted by molar-refractivity contribution is 7.89. The van der Waals surface area contributed by atoms with Crippen LogP contribution in [0.1, 0.15) is 30.6 Å². The largest absolute Gasteiger partial charge is 0.478 e. The van der Waals surface area contributed by atoms with Gasteiger partial charge in [-0.1, -0.05) is 0 Å². The van der Waals surface area contributed by atoms with E-state index in [9.17, 15) is 18.0 Å². The molecule has 1 aromatic carbocycles. The zero-order valence-corrected chi connectivity index (χ0v) is 15.7. The maximum Gasteiger partial charge on any atom is 0.335 e. The maximum atomic E-state index is 12.6. The van der Waals surface area contributed by atoms with Gasteiger partial charge < -0.3 is 14.7 Å². The number of benzene rings is 1. The number of aromatic carboxylic acids is 1. The second kappa shape index (κ2) is 8.61. The fourth-order valence-corrected chi connectivity index (χ4v) is 4.06. The van der Waals surface area contributed by atoms with Crippen molar-refractivity contribution in [1.82, 2.24) is 9.21 Å². The van der Waals surface area contributed by atoms with Crippen LogP contribution in [-0.4, -0.2) is 73.5 Å². The van der Waals surface area contributed by atoms with Crippen LogP contribution < -0.4 is 0 Å². The Hall–Kier alpha value is -1.97. The molecule has 8 nitrogen and oxygen atoms in total. The number of carboxylic acids is 1. The third-order valence-corrected chi connectivity index (χ3v) is 6.01. The average molecular weight is 384 g/mol. The van der Waals surface area contributed by atoms with Gasteiger partial charge in [0.25, 0.3) is 0 Å². The summed E-state index contributed by atoms with van der Waals surface area (Å²) in [5.74, 6) is -1.16. The Labute approximate surface area is 153 Å². The van der Waals surface area contributed by atoms with Crippen molar-refractivity contribution in [3.8, 4) is 0 Å². The number of carbonyl (C=O) groups is 2. The molecular formula is C17H24N2O6S. The van der Waals surface area contributed by atoms with Crippen molar-refractivity contribution in [2.75, 3.05) is 32.8 Å². The lowest BCUT2D eigenvalue weighted by Crippen LogP contribution is -2.50. The van der Waals surface area contributed by atoms with Crippen molar-refractivity contribution in [3.63, 3.8) is 0 Å². The molecule has 0 saturated carbocycles. The third-order valence-electron chi connectivity index (χ3n) is 4.10. The van der Waals surface area contributed by atoms with Crippen molar-refractivity contribution >= 4 is 21.9 Å².